The normalized spacial score (nSPS) is 20.3. The number of hydrogen-bond donors (Lipinski definition) is 2. The van der Waals surface area contributed by atoms with Crippen LogP contribution in [-0.2, 0) is 16.7 Å². The molecular formula is C21H38IN5O2. The van der Waals surface area contributed by atoms with E-state index in [1.807, 2.05) is 6.20 Å². The fraction of sp³-hybridized carbons (Fsp3) is 0.810. The van der Waals surface area contributed by atoms with E-state index in [-0.39, 0.29) is 34.9 Å². The maximum Gasteiger partial charge on any atom is 0.216 e. The first kappa shape index (κ1) is 24.4. The van der Waals surface area contributed by atoms with Gasteiger partial charge in [0.05, 0.1) is 6.20 Å². The number of hydrogen-bond acceptors (Lipinski definition) is 5. The van der Waals surface area contributed by atoms with Crippen molar-refractivity contribution in [3.8, 4) is 0 Å². The number of likely N-dealkylation sites (tertiary alicyclic amines) is 1. The van der Waals surface area contributed by atoms with Crippen molar-refractivity contribution in [2.24, 2.45) is 4.99 Å². The minimum atomic E-state index is -0.0388. The Morgan fingerprint density at radius 2 is 1.90 bits per heavy atom. The largest absolute Gasteiger partial charge is 0.443 e. The van der Waals surface area contributed by atoms with E-state index in [9.17, 15) is 0 Å². The second-order valence-corrected chi connectivity index (χ2v) is 8.95. The first-order chi connectivity index (χ1) is 13.4. The zero-order valence-corrected chi connectivity index (χ0v) is 20.8. The van der Waals surface area contributed by atoms with Crippen molar-refractivity contribution in [1.82, 2.24) is 20.5 Å². The summed E-state index contributed by atoms with van der Waals surface area (Å²) in [7, 11) is 0. The van der Waals surface area contributed by atoms with E-state index in [2.05, 4.69) is 48.2 Å². The minimum Gasteiger partial charge on any atom is -0.443 e. The van der Waals surface area contributed by atoms with E-state index in [1.165, 1.54) is 25.9 Å². The summed E-state index contributed by atoms with van der Waals surface area (Å²) in [5, 5.41) is 6.94. The molecule has 2 saturated heterocycles. The smallest absolute Gasteiger partial charge is 0.216 e. The quantitative estimate of drug-likeness (QED) is 0.342. The van der Waals surface area contributed by atoms with Crippen LogP contribution in [0.5, 0.6) is 0 Å². The topological polar surface area (TPSA) is 74.9 Å². The highest BCUT2D eigenvalue weighted by atomic mass is 127. The summed E-state index contributed by atoms with van der Waals surface area (Å²) in [5.74, 6) is 2.37. The molecule has 0 unspecified atom stereocenters. The van der Waals surface area contributed by atoms with Gasteiger partial charge in [-0.2, -0.15) is 0 Å². The maximum absolute atomic E-state index is 5.87. The van der Waals surface area contributed by atoms with Gasteiger partial charge in [-0.1, -0.05) is 20.8 Å². The third-order valence-electron chi connectivity index (χ3n) is 5.79. The van der Waals surface area contributed by atoms with Crippen LogP contribution < -0.4 is 10.6 Å². The van der Waals surface area contributed by atoms with Crippen molar-refractivity contribution >= 4 is 29.9 Å². The van der Waals surface area contributed by atoms with Crippen LogP contribution in [0.15, 0.2) is 15.6 Å². The number of ether oxygens (including phenoxy) is 1. The molecule has 166 valence electrons. The molecular weight excluding hydrogens is 481 g/mol. The van der Waals surface area contributed by atoms with Crippen LogP contribution in [0.3, 0.4) is 0 Å². The summed E-state index contributed by atoms with van der Waals surface area (Å²) in [6, 6.07) is 0. The molecule has 0 amide bonds. The molecule has 7 nitrogen and oxygen atoms in total. The van der Waals surface area contributed by atoms with Gasteiger partial charge in [0.1, 0.15) is 12.3 Å². The SMILES string of the molecule is CCNC(=NCc1ncc(C(C)(C)C)o1)NCC1(N2CCCC2)CCOCC1.I. The van der Waals surface area contributed by atoms with Gasteiger partial charge in [0, 0.05) is 37.3 Å². The molecule has 3 rings (SSSR count). The van der Waals surface area contributed by atoms with Crippen molar-refractivity contribution in [2.75, 3.05) is 39.4 Å². The Labute approximate surface area is 192 Å². The van der Waals surface area contributed by atoms with Crippen LogP contribution in [-0.4, -0.2) is 60.8 Å². The summed E-state index contributed by atoms with van der Waals surface area (Å²) in [6.07, 6.45) is 6.58. The highest BCUT2D eigenvalue weighted by molar-refractivity contribution is 14.0. The Bertz CT molecular complexity index is 644. The molecule has 0 aliphatic carbocycles. The van der Waals surface area contributed by atoms with Crippen molar-refractivity contribution in [3.05, 3.63) is 17.8 Å². The van der Waals surface area contributed by atoms with Gasteiger partial charge in [0.15, 0.2) is 5.96 Å². The molecule has 8 heteroatoms. The van der Waals surface area contributed by atoms with Crippen molar-refractivity contribution < 1.29 is 9.15 Å². The van der Waals surface area contributed by atoms with E-state index in [1.54, 1.807) is 0 Å². The molecule has 2 fully saturated rings. The molecule has 0 bridgehead atoms. The van der Waals surface area contributed by atoms with E-state index < -0.39 is 0 Å². The third-order valence-corrected chi connectivity index (χ3v) is 5.79. The minimum absolute atomic E-state index is 0. The van der Waals surface area contributed by atoms with Gasteiger partial charge in [0.25, 0.3) is 0 Å². The van der Waals surface area contributed by atoms with Gasteiger partial charge in [-0.3, -0.25) is 4.90 Å². The fourth-order valence-corrected chi connectivity index (χ4v) is 4.01. The molecule has 2 aliphatic rings. The number of halogens is 1. The maximum atomic E-state index is 5.87. The zero-order chi connectivity index (χ0) is 20.0. The summed E-state index contributed by atoms with van der Waals surface area (Å²) in [5.41, 5.74) is 0.135. The molecule has 0 radical (unpaired) electrons. The van der Waals surface area contributed by atoms with Crippen molar-refractivity contribution in [3.63, 3.8) is 0 Å². The highest BCUT2D eigenvalue weighted by Crippen LogP contribution is 2.30. The number of nitrogens with zero attached hydrogens (tertiary/aromatic N) is 3. The number of aliphatic imine (C=N–C) groups is 1. The van der Waals surface area contributed by atoms with Gasteiger partial charge in [-0.05, 0) is 45.7 Å². The first-order valence-electron chi connectivity index (χ1n) is 10.7. The molecule has 2 N–H and O–H groups in total. The van der Waals surface area contributed by atoms with Gasteiger partial charge >= 0.3 is 0 Å². The van der Waals surface area contributed by atoms with Gasteiger partial charge in [0.2, 0.25) is 5.89 Å². The number of rotatable bonds is 6. The Morgan fingerprint density at radius 1 is 1.21 bits per heavy atom. The molecule has 0 spiro atoms. The monoisotopic (exact) mass is 519 g/mol. The van der Waals surface area contributed by atoms with E-state index >= 15 is 0 Å². The summed E-state index contributed by atoms with van der Waals surface area (Å²) in [4.78, 5) is 11.8. The van der Waals surface area contributed by atoms with Crippen LogP contribution >= 0.6 is 24.0 Å². The molecule has 2 aliphatic heterocycles. The van der Waals surface area contributed by atoms with Crippen LogP contribution in [0.4, 0.5) is 0 Å². The molecule has 3 heterocycles. The Balaban J connectivity index is 0.00000300. The Hall–Kier alpha value is -0.870. The Morgan fingerprint density at radius 3 is 2.48 bits per heavy atom. The van der Waals surface area contributed by atoms with Crippen LogP contribution in [0, 0.1) is 0 Å². The molecule has 1 aromatic heterocycles. The van der Waals surface area contributed by atoms with Crippen molar-refractivity contribution in [1.29, 1.82) is 0 Å². The number of aromatic nitrogens is 1. The summed E-state index contributed by atoms with van der Waals surface area (Å²) in [6.45, 7) is 14.7. The number of nitrogens with one attached hydrogen (secondary N) is 2. The lowest BCUT2D eigenvalue weighted by atomic mass is 9.88. The van der Waals surface area contributed by atoms with E-state index in [0.717, 1.165) is 50.9 Å². The summed E-state index contributed by atoms with van der Waals surface area (Å²) >= 11 is 0. The zero-order valence-electron chi connectivity index (χ0n) is 18.4. The van der Waals surface area contributed by atoms with Gasteiger partial charge in [-0.15, -0.1) is 24.0 Å². The van der Waals surface area contributed by atoms with Crippen molar-refractivity contribution in [2.45, 2.75) is 70.9 Å². The highest BCUT2D eigenvalue weighted by Gasteiger charge is 2.39. The standard InChI is InChI=1S/C21H37N5O2.HI/c1-5-22-19(24-15-18-23-14-17(28-18)20(2,3)4)25-16-21(8-12-27-13-9-21)26-10-6-7-11-26;/h14H,5-13,15-16H2,1-4H3,(H2,22,24,25);1H. The molecule has 1 aromatic rings. The number of guanidine groups is 1. The number of oxazole rings is 1. The lowest BCUT2D eigenvalue weighted by Crippen LogP contribution is -2.58. The predicted molar refractivity (Wildman–Crippen MR) is 127 cm³/mol. The van der Waals surface area contributed by atoms with Gasteiger partial charge in [-0.25, -0.2) is 9.98 Å². The average Bonchev–Trinajstić information content (AvgIpc) is 3.36. The van der Waals surface area contributed by atoms with Gasteiger partial charge < -0.3 is 19.8 Å². The lowest BCUT2D eigenvalue weighted by Gasteiger charge is -2.45. The fourth-order valence-electron chi connectivity index (χ4n) is 4.01. The average molecular weight is 519 g/mol. The summed E-state index contributed by atoms with van der Waals surface area (Å²) < 4.78 is 11.5. The predicted octanol–water partition coefficient (Wildman–Crippen LogP) is 3.29. The molecule has 0 saturated carbocycles. The Kier molecular flexibility index (Phi) is 9.21. The third kappa shape index (κ3) is 6.55. The molecule has 29 heavy (non-hydrogen) atoms. The lowest BCUT2D eigenvalue weighted by molar-refractivity contribution is -0.0164. The van der Waals surface area contributed by atoms with Crippen LogP contribution in [0.1, 0.15) is 65.0 Å². The second kappa shape index (κ2) is 10.9. The van der Waals surface area contributed by atoms with Crippen LogP contribution in [0.2, 0.25) is 0 Å². The van der Waals surface area contributed by atoms with Crippen LogP contribution in [0.25, 0.3) is 0 Å². The van der Waals surface area contributed by atoms with E-state index in [0.29, 0.717) is 12.4 Å². The second-order valence-electron chi connectivity index (χ2n) is 8.95. The molecule has 0 aromatic carbocycles. The van der Waals surface area contributed by atoms with E-state index in [4.69, 9.17) is 14.1 Å². The molecule has 0 atom stereocenters. The first-order valence-corrected chi connectivity index (χ1v) is 10.7.